The van der Waals surface area contributed by atoms with Gasteiger partial charge in [0.05, 0.1) is 24.0 Å². The number of aromatic nitrogens is 6. The molecule has 1 amide bonds. The molecule has 64 heavy (non-hydrogen) atoms. The maximum absolute atomic E-state index is 15.6. The lowest BCUT2D eigenvalue weighted by Gasteiger charge is -2.40. The summed E-state index contributed by atoms with van der Waals surface area (Å²) in [5.74, 6) is -0.218. The number of hydrogen-bond acceptors (Lipinski definition) is 10. The standard InChI is InChI=1S/C47H53FN9O6P/c1-26-20-33(21-27(2)39(26)48)40-42(55-15-14-54(46(55)60)34-9-11-38(64(6,7)61)35(24-34)49-5)41-29(4)53(16-17-56(41)51-40)43(58)37-23-32-22-31(30-12-18-62-19-13-30)8-10-36(32)57(37)47(25-28(47)3)44-50-45(59)63-52-44/h8-11,14-15,20-22,24,28-30,37,49H,12-13,16-19,23,25H2,1-7H3,(H,50,52,59). The molecule has 1 saturated heterocycles. The molecule has 4 atom stereocenters. The van der Waals surface area contributed by atoms with Gasteiger partial charge in [-0.05, 0) is 124 Å². The van der Waals surface area contributed by atoms with E-state index in [0.29, 0.717) is 101 Å². The van der Waals surface area contributed by atoms with E-state index in [0.717, 1.165) is 24.1 Å². The zero-order valence-electron chi connectivity index (χ0n) is 37.1. The predicted octanol–water partition coefficient (Wildman–Crippen LogP) is 6.38. The highest BCUT2D eigenvalue weighted by atomic mass is 31.2. The van der Waals surface area contributed by atoms with Gasteiger partial charge >= 0.3 is 11.4 Å². The fraction of sp³-hybridized carbons (Fsp3) is 0.426. The Balaban J connectivity index is 1.08. The monoisotopic (exact) mass is 889 g/mol. The summed E-state index contributed by atoms with van der Waals surface area (Å²) in [6.07, 6.45) is 6.37. The molecule has 6 aromatic rings. The van der Waals surface area contributed by atoms with Crippen LogP contribution in [0.2, 0.25) is 0 Å². The van der Waals surface area contributed by atoms with E-state index in [-0.39, 0.29) is 23.3 Å². The number of H-pyrrole nitrogens is 1. The number of fused-ring (bicyclic) bond motifs is 2. The van der Waals surface area contributed by atoms with Crippen LogP contribution in [0.4, 0.5) is 15.8 Å². The van der Waals surface area contributed by atoms with Gasteiger partial charge in [-0.3, -0.25) is 28.1 Å². The minimum absolute atomic E-state index is 0.0615. The number of nitrogens with one attached hydrogen (secondary N) is 2. The molecule has 2 N–H and O–H groups in total. The first kappa shape index (κ1) is 42.0. The number of halogens is 1. The van der Waals surface area contributed by atoms with Crippen molar-refractivity contribution in [3.05, 3.63) is 122 Å². The van der Waals surface area contributed by atoms with Crippen molar-refractivity contribution >= 4 is 29.7 Å². The lowest BCUT2D eigenvalue weighted by molar-refractivity contribution is -0.136. The highest BCUT2D eigenvalue weighted by Gasteiger charge is 2.64. The summed E-state index contributed by atoms with van der Waals surface area (Å²) >= 11 is 0. The van der Waals surface area contributed by atoms with E-state index in [4.69, 9.17) is 14.4 Å². The van der Waals surface area contributed by atoms with Crippen molar-refractivity contribution in [1.82, 2.24) is 34.0 Å². The fourth-order valence-corrected chi connectivity index (χ4v) is 11.9. The molecule has 4 aliphatic rings. The van der Waals surface area contributed by atoms with Crippen molar-refractivity contribution in [3.63, 3.8) is 0 Å². The van der Waals surface area contributed by atoms with Crippen molar-refractivity contribution in [3.8, 4) is 22.6 Å². The fourth-order valence-electron chi connectivity index (χ4n) is 10.7. The zero-order valence-corrected chi connectivity index (χ0v) is 38.0. The number of carbonyl (C=O) groups is 1. The van der Waals surface area contributed by atoms with Crippen molar-refractivity contribution in [2.45, 2.75) is 83.5 Å². The molecule has 17 heteroatoms. The molecular weight excluding hydrogens is 837 g/mol. The molecule has 1 aliphatic carbocycles. The number of carbonyl (C=O) groups excluding carboxylic acids is 1. The Hall–Kier alpha value is -5.99. The molecule has 4 unspecified atom stereocenters. The maximum atomic E-state index is 15.6. The van der Waals surface area contributed by atoms with E-state index in [1.54, 1.807) is 75.5 Å². The molecule has 334 valence electrons. The number of aromatic amines is 1. The number of ether oxygens (including phenoxy) is 1. The number of benzene rings is 3. The summed E-state index contributed by atoms with van der Waals surface area (Å²) in [4.78, 5) is 49.6. The number of amides is 1. The summed E-state index contributed by atoms with van der Waals surface area (Å²) in [5, 5.41) is 13.1. The average Bonchev–Trinajstić information content (AvgIpc) is 3.77. The molecule has 3 aromatic heterocycles. The summed E-state index contributed by atoms with van der Waals surface area (Å²) in [6.45, 7) is 13.0. The molecule has 3 aromatic carbocycles. The van der Waals surface area contributed by atoms with Crippen LogP contribution in [-0.2, 0) is 32.6 Å². The van der Waals surface area contributed by atoms with Crippen LogP contribution < -0.4 is 27.0 Å². The molecule has 6 heterocycles. The molecule has 15 nitrogen and oxygen atoms in total. The maximum Gasteiger partial charge on any atom is 0.438 e. The Morgan fingerprint density at radius 2 is 1.70 bits per heavy atom. The number of hydrogen-bond donors (Lipinski definition) is 2. The molecule has 1 saturated carbocycles. The van der Waals surface area contributed by atoms with Gasteiger partial charge in [-0.15, -0.1) is 0 Å². The lowest BCUT2D eigenvalue weighted by Crippen LogP contribution is -2.54. The number of anilines is 2. The molecule has 0 spiro atoms. The van der Waals surface area contributed by atoms with Gasteiger partial charge < -0.3 is 24.4 Å². The molecule has 3 aliphatic heterocycles. The van der Waals surface area contributed by atoms with Crippen LogP contribution in [-0.4, -0.2) is 86.0 Å². The topological polar surface area (TPSA) is 166 Å². The van der Waals surface area contributed by atoms with Crippen molar-refractivity contribution in [2.24, 2.45) is 5.92 Å². The van der Waals surface area contributed by atoms with E-state index in [1.165, 1.54) is 10.1 Å². The van der Waals surface area contributed by atoms with E-state index in [9.17, 15) is 14.2 Å². The first-order chi connectivity index (χ1) is 30.6. The quantitative estimate of drug-likeness (QED) is 0.156. The lowest BCUT2D eigenvalue weighted by atomic mass is 9.90. The molecule has 0 radical (unpaired) electrons. The first-order valence-electron chi connectivity index (χ1n) is 22.0. The van der Waals surface area contributed by atoms with E-state index in [1.807, 2.05) is 22.6 Å². The first-order valence-corrected chi connectivity index (χ1v) is 24.6. The summed E-state index contributed by atoms with van der Waals surface area (Å²) in [7, 11) is -0.875. The van der Waals surface area contributed by atoms with Crippen LogP contribution in [0.1, 0.15) is 78.8 Å². The van der Waals surface area contributed by atoms with E-state index < -0.39 is 30.5 Å². The number of imidazole rings is 1. The Bertz CT molecular complexity index is 3000. The van der Waals surface area contributed by atoms with Crippen molar-refractivity contribution < 1.29 is 23.0 Å². The summed E-state index contributed by atoms with van der Waals surface area (Å²) in [5.41, 5.74) is 6.51. The zero-order chi connectivity index (χ0) is 45.0. The molecule has 10 rings (SSSR count). The molecule has 2 fully saturated rings. The van der Waals surface area contributed by atoms with Gasteiger partial charge in [0.1, 0.15) is 35.9 Å². The Morgan fingerprint density at radius 3 is 2.36 bits per heavy atom. The average molecular weight is 890 g/mol. The number of nitrogens with zero attached hydrogens (tertiary/aromatic N) is 7. The highest BCUT2D eigenvalue weighted by molar-refractivity contribution is 7.70. The summed E-state index contributed by atoms with van der Waals surface area (Å²) in [6, 6.07) is 14.2. The second-order valence-corrected chi connectivity index (χ2v) is 21.6. The summed E-state index contributed by atoms with van der Waals surface area (Å²) < 4.78 is 43.9. The van der Waals surface area contributed by atoms with Crippen LogP contribution in [0, 0.1) is 25.6 Å². The minimum atomic E-state index is -2.63. The molecule has 0 bridgehead atoms. The Morgan fingerprint density at radius 1 is 0.984 bits per heavy atom. The Labute approximate surface area is 369 Å². The van der Waals surface area contributed by atoms with Gasteiger partial charge in [0.2, 0.25) is 5.91 Å². The normalized spacial score (nSPS) is 22.2. The number of rotatable bonds is 9. The van der Waals surface area contributed by atoms with Crippen molar-refractivity contribution in [1.29, 1.82) is 0 Å². The van der Waals surface area contributed by atoms with Gasteiger partial charge in [-0.1, -0.05) is 24.2 Å². The third-order valence-corrected chi connectivity index (χ3v) is 15.7. The van der Waals surface area contributed by atoms with Gasteiger partial charge in [-0.25, -0.2) is 14.0 Å². The van der Waals surface area contributed by atoms with Crippen LogP contribution in [0.5, 0.6) is 0 Å². The van der Waals surface area contributed by atoms with E-state index >= 15 is 9.18 Å². The van der Waals surface area contributed by atoms with Crippen LogP contribution in [0.3, 0.4) is 0 Å². The van der Waals surface area contributed by atoms with Gasteiger partial charge in [0.15, 0.2) is 5.82 Å². The Kier molecular flexibility index (Phi) is 10.1. The van der Waals surface area contributed by atoms with Crippen LogP contribution in [0.25, 0.3) is 22.6 Å². The molecular formula is C47H53FN9O6P. The van der Waals surface area contributed by atoms with Gasteiger partial charge in [0, 0.05) is 67.9 Å². The minimum Gasteiger partial charge on any atom is -0.387 e. The second kappa shape index (κ2) is 15.3. The smallest absolute Gasteiger partial charge is 0.387 e. The van der Waals surface area contributed by atoms with Crippen LogP contribution in [0.15, 0.2) is 75.0 Å². The van der Waals surface area contributed by atoms with Gasteiger partial charge in [-0.2, -0.15) is 5.10 Å². The third-order valence-electron chi connectivity index (χ3n) is 14.1. The highest BCUT2D eigenvalue weighted by Crippen LogP contribution is 2.60. The predicted molar refractivity (Wildman–Crippen MR) is 243 cm³/mol. The van der Waals surface area contributed by atoms with Crippen molar-refractivity contribution in [2.75, 3.05) is 50.4 Å². The van der Waals surface area contributed by atoms with Crippen LogP contribution >= 0.6 is 7.14 Å². The third kappa shape index (κ3) is 6.62. The SMILES string of the molecule is CNc1cc(-n2ccn(-c3c(-c4cc(C)c(F)c(C)c4)nn4c3C(C)N(C(=O)C3Cc5cc(C6CCOCC6)ccc5N3C3(c5noc(=O)[nH]5)CC3C)CC4)c2=O)ccc1P(C)(C)=O. The van der Waals surface area contributed by atoms with Gasteiger partial charge in [0.25, 0.3) is 0 Å². The van der Waals surface area contributed by atoms with E-state index in [2.05, 4.69) is 45.5 Å². The largest absolute Gasteiger partial charge is 0.438 e. The number of aryl methyl sites for hydroxylation is 2. The second-order valence-electron chi connectivity index (χ2n) is 18.4.